The van der Waals surface area contributed by atoms with Crippen LogP contribution in [0, 0.1) is 13.8 Å². The summed E-state index contributed by atoms with van der Waals surface area (Å²) in [5.74, 6) is 0.0180. The highest BCUT2D eigenvalue weighted by Crippen LogP contribution is 2.01. The lowest BCUT2D eigenvalue weighted by atomic mass is 10.4. The van der Waals surface area contributed by atoms with Gasteiger partial charge in [-0.2, -0.15) is 5.10 Å². The molecule has 0 aromatic carbocycles. The summed E-state index contributed by atoms with van der Waals surface area (Å²) in [5.41, 5.74) is 2.19. The molecule has 0 saturated carbocycles. The number of aryl methyl sites for hydroxylation is 3. The van der Waals surface area contributed by atoms with E-state index in [9.17, 15) is 4.79 Å². The van der Waals surface area contributed by atoms with Crippen molar-refractivity contribution in [2.45, 2.75) is 26.8 Å². The van der Waals surface area contributed by atoms with Crippen molar-refractivity contribution >= 4 is 18.3 Å². The van der Waals surface area contributed by atoms with Crippen LogP contribution in [0.25, 0.3) is 0 Å². The van der Waals surface area contributed by atoms with Gasteiger partial charge < -0.3 is 15.4 Å². The lowest BCUT2D eigenvalue weighted by molar-refractivity contribution is -0.120. The fourth-order valence-electron chi connectivity index (χ4n) is 1.80. The molecule has 0 aliphatic heterocycles. The summed E-state index contributed by atoms with van der Waals surface area (Å²) >= 11 is 0. The Bertz CT molecular complexity index is 396. The van der Waals surface area contributed by atoms with Gasteiger partial charge in [0.05, 0.1) is 18.8 Å². The Labute approximate surface area is 126 Å². The van der Waals surface area contributed by atoms with E-state index in [1.54, 1.807) is 7.11 Å². The van der Waals surface area contributed by atoms with Gasteiger partial charge in [-0.05, 0) is 26.3 Å². The predicted molar refractivity (Wildman–Crippen MR) is 81.3 cm³/mol. The van der Waals surface area contributed by atoms with E-state index in [0.717, 1.165) is 24.4 Å². The summed E-state index contributed by atoms with van der Waals surface area (Å²) in [5, 5.41) is 10.2. The zero-order valence-corrected chi connectivity index (χ0v) is 13.3. The zero-order chi connectivity index (χ0) is 14.1. The first-order valence-electron chi connectivity index (χ1n) is 6.61. The van der Waals surface area contributed by atoms with E-state index in [1.807, 2.05) is 18.5 Å². The number of methoxy groups -OCH3 is 1. The maximum absolute atomic E-state index is 11.5. The largest absolute Gasteiger partial charge is 0.383 e. The van der Waals surface area contributed by atoms with Crippen LogP contribution in [0.4, 0.5) is 0 Å². The van der Waals surface area contributed by atoms with Gasteiger partial charge in [-0.15, -0.1) is 12.4 Å². The lowest BCUT2D eigenvalue weighted by Crippen LogP contribution is -2.35. The van der Waals surface area contributed by atoms with Gasteiger partial charge in [0.25, 0.3) is 0 Å². The summed E-state index contributed by atoms with van der Waals surface area (Å²) in [6, 6.07) is 2.05. The molecule has 0 aliphatic rings. The van der Waals surface area contributed by atoms with Crippen LogP contribution < -0.4 is 10.6 Å². The Balaban J connectivity index is 0.00000361. The number of halogens is 1. The maximum atomic E-state index is 11.5. The highest BCUT2D eigenvalue weighted by atomic mass is 35.5. The first-order valence-corrected chi connectivity index (χ1v) is 6.61. The normalized spacial score (nSPS) is 10.2. The second-order valence-corrected chi connectivity index (χ2v) is 4.52. The van der Waals surface area contributed by atoms with Gasteiger partial charge in [0.1, 0.15) is 0 Å². The lowest BCUT2D eigenvalue weighted by Gasteiger charge is -2.07. The van der Waals surface area contributed by atoms with Gasteiger partial charge in [0.2, 0.25) is 5.91 Å². The van der Waals surface area contributed by atoms with Gasteiger partial charge in [0, 0.05) is 32.4 Å². The number of nitrogens with one attached hydrogen (secondary N) is 2. The molecule has 0 fully saturated rings. The molecule has 7 heteroatoms. The fourth-order valence-corrected chi connectivity index (χ4v) is 1.80. The topological polar surface area (TPSA) is 68.2 Å². The number of amides is 1. The average Bonchev–Trinajstić information content (AvgIpc) is 2.69. The van der Waals surface area contributed by atoms with Gasteiger partial charge >= 0.3 is 0 Å². The van der Waals surface area contributed by atoms with Crippen molar-refractivity contribution in [3.8, 4) is 0 Å². The summed E-state index contributed by atoms with van der Waals surface area (Å²) in [7, 11) is 1.64. The van der Waals surface area contributed by atoms with Crippen molar-refractivity contribution in [2.24, 2.45) is 0 Å². The van der Waals surface area contributed by atoms with Crippen LogP contribution in [-0.2, 0) is 16.1 Å². The van der Waals surface area contributed by atoms with Crippen LogP contribution in [0.15, 0.2) is 6.07 Å². The molecular formula is C13H25ClN4O2. The molecule has 0 saturated heterocycles. The molecule has 0 radical (unpaired) electrons. The fraction of sp³-hybridized carbons (Fsp3) is 0.692. The van der Waals surface area contributed by atoms with Crippen molar-refractivity contribution in [1.29, 1.82) is 0 Å². The average molecular weight is 305 g/mol. The molecule has 1 aromatic rings. The minimum Gasteiger partial charge on any atom is -0.383 e. The van der Waals surface area contributed by atoms with E-state index in [2.05, 4.69) is 21.8 Å². The number of carbonyl (C=O) groups excluding carboxylic acids is 1. The molecule has 1 amide bonds. The molecule has 0 aliphatic carbocycles. The molecule has 0 unspecified atom stereocenters. The number of hydrogen-bond donors (Lipinski definition) is 2. The first kappa shape index (κ1) is 18.9. The third-order valence-electron chi connectivity index (χ3n) is 2.74. The predicted octanol–water partition coefficient (Wildman–Crippen LogP) is 0.664. The molecule has 6 nitrogen and oxygen atoms in total. The Hall–Kier alpha value is -1.11. The molecule has 1 heterocycles. The van der Waals surface area contributed by atoms with E-state index in [4.69, 9.17) is 4.74 Å². The molecule has 20 heavy (non-hydrogen) atoms. The van der Waals surface area contributed by atoms with Gasteiger partial charge in [-0.3, -0.25) is 9.48 Å². The zero-order valence-electron chi connectivity index (χ0n) is 12.4. The summed E-state index contributed by atoms with van der Waals surface area (Å²) < 4.78 is 6.85. The van der Waals surface area contributed by atoms with Crippen LogP contribution in [0.5, 0.6) is 0 Å². The highest BCUT2D eigenvalue weighted by Gasteiger charge is 2.02. The molecule has 1 aromatic heterocycles. The van der Waals surface area contributed by atoms with E-state index in [1.165, 1.54) is 0 Å². The monoisotopic (exact) mass is 304 g/mol. The number of carbonyl (C=O) groups is 1. The van der Waals surface area contributed by atoms with Crippen LogP contribution in [0.1, 0.15) is 17.8 Å². The van der Waals surface area contributed by atoms with Gasteiger partial charge in [-0.25, -0.2) is 0 Å². The Morgan fingerprint density at radius 2 is 2.15 bits per heavy atom. The molecule has 1 rings (SSSR count). The van der Waals surface area contributed by atoms with Gasteiger partial charge in [0.15, 0.2) is 0 Å². The number of hydrogen-bond acceptors (Lipinski definition) is 4. The van der Waals surface area contributed by atoms with Crippen molar-refractivity contribution in [1.82, 2.24) is 20.4 Å². The van der Waals surface area contributed by atoms with Crippen molar-refractivity contribution < 1.29 is 9.53 Å². The van der Waals surface area contributed by atoms with Crippen LogP contribution in [0.2, 0.25) is 0 Å². The van der Waals surface area contributed by atoms with Crippen molar-refractivity contribution in [2.75, 3.05) is 33.4 Å². The molecule has 0 spiro atoms. The SMILES string of the molecule is COCCNCC(=O)NCCCn1nc(C)cc1C.Cl. The van der Waals surface area contributed by atoms with Crippen molar-refractivity contribution in [3.63, 3.8) is 0 Å². The second-order valence-electron chi connectivity index (χ2n) is 4.52. The van der Waals surface area contributed by atoms with E-state index in [-0.39, 0.29) is 18.3 Å². The Kier molecular flexibility index (Phi) is 10.1. The quantitative estimate of drug-likeness (QED) is 0.658. The third-order valence-corrected chi connectivity index (χ3v) is 2.74. The van der Waals surface area contributed by atoms with Crippen LogP contribution in [0.3, 0.4) is 0 Å². The van der Waals surface area contributed by atoms with Gasteiger partial charge in [-0.1, -0.05) is 0 Å². The van der Waals surface area contributed by atoms with Crippen LogP contribution >= 0.6 is 12.4 Å². The minimum atomic E-state index is 0. The molecule has 0 atom stereocenters. The summed E-state index contributed by atoms with van der Waals surface area (Å²) in [4.78, 5) is 11.5. The molecule has 2 N–H and O–H groups in total. The number of aromatic nitrogens is 2. The van der Waals surface area contributed by atoms with E-state index >= 15 is 0 Å². The highest BCUT2D eigenvalue weighted by molar-refractivity contribution is 5.85. The van der Waals surface area contributed by atoms with E-state index in [0.29, 0.717) is 26.2 Å². The first-order chi connectivity index (χ1) is 9.13. The van der Waals surface area contributed by atoms with E-state index < -0.39 is 0 Å². The second kappa shape index (κ2) is 10.7. The summed E-state index contributed by atoms with van der Waals surface area (Å²) in [6.07, 6.45) is 0.881. The van der Waals surface area contributed by atoms with Crippen molar-refractivity contribution in [3.05, 3.63) is 17.5 Å². The minimum absolute atomic E-state index is 0. The molecule has 0 bridgehead atoms. The number of ether oxygens (including phenoxy) is 1. The standard InChI is InChI=1S/C13H24N4O2.ClH/c1-11-9-12(2)17(16-11)7-4-5-15-13(18)10-14-6-8-19-3;/h9,14H,4-8,10H2,1-3H3,(H,15,18);1H. The van der Waals surface area contributed by atoms with Crippen LogP contribution in [-0.4, -0.2) is 49.0 Å². The maximum Gasteiger partial charge on any atom is 0.233 e. The Morgan fingerprint density at radius 1 is 1.40 bits per heavy atom. The smallest absolute Gasteiger partial charge is 0.233 e. The molecular weight excluding hydrogens is 280 g/mol. The molecule has 116 valence electrons. The third kappa shape index (κ3) is 7.47. The Morgan fingerprint density at radius 3 is 2.75 bits per heavy atom. The number of nitrogens with zero attached hydrogens (tertiary/aromatic N) is 2. The summed E-state index contributed by atoms with van der Waals surface area (Å²) in [6.45, 7) is 7.17. The number of rotatable bonds is 9.